The van der Waals surface area contributed by atoms with Gasteiger partial charge in [0.15, 0.2) is 6.61 Å². The van der Waals surface area contributed by atoms with Crippen molar-refractivity contribution in [3.05, 3.63) is 66.0 Å². The molecule has 0 aliphatic rings. The van der Waals surface area contributed by atoms with Crippen molar-refractivity contribution in [2.75, 3.05) is 19.0 Å². The average Bonchev–Trinajstić information content (AvgIpc) is 2.71. The Bertz CT molecular complexity index is 1020. The highest BCUT2D eigenvalue weighted by atomic mass is 16.5. The van der Waals surface area contributed by atoms with Crippen LogP contribution in [0.15, 0.2) is 54.9 Å². The molecule has 1 heterocycles. The van der Waals surface area contributed by atoms with Gasteiger partial charge in [-0.25, -0.2) is 9.59 Å². The number of rotatable bonds is 5. The minimum Gasteiger partial charge on any atom is -0.465 e. The zero-order valence-electron chi connectivity index (χ0n) is 14.3. The standard InChI is InChI=1S/C19H15N3O5/c1-26-19(25)13-4-2-3-5-14(13)22-17(23)11-27-18(24)12-6-7-15-16(10-12)21-9-8-20-15/h2-10H,11H2,1H3,(H,22,23). The molecule has 136 valence electrons. The van der Waals surface area contributed by atoms with Gasteiger partial charge in [0.2, 0.25) is 0 Å². The summed E-state index contributed by atoms with van der Waals surface area (Å²) in [4.78, 5) is 44.1. The largest absolute Gasteiger partial charge is 0.465 e. The Kier molecular flexibility index (Phi) is 5.36. The van der Waals surface area contributed by atoms with E-state index in [0.717, 1.165) is 0 Å². The lowest BCUT2D eigenvalue weighted by atomic mass is 10.2. The summed E-state index contributed by atoms with van der Waals surface area (Å²) in [6, 6.07) is 11.1. The molecule has 3 aromatic rings. The molecule has 3 rings (SSSR count). The molecule has 1 aromatic heterocycles. The Hall–Kier alpha value is -3.81. The SMILES string of the molecule is COC(=O)c1ccccc1NC(=O)COC(=O)c1ccc2nccnc2c1. The number of ether oxygens (including phenoxy) is 2. The maximum absolute atomic E-state index is 12.1. The van der Waals surface area contributed by atoms with E-state index in [4.69, 9.17) is 4.74 Å². The van der Waals surface area contributed by atoms with Crippen LogP contribution in [0.25, 0.3) is 11.0 Å². The number of nitrogens with one attached hydrogen (secondary N) is 1. The lowest BCUT2D eigenvalue weighted by Gasteiger charge is -2.10. The van der Waals surface area contributed by atoms with Gasteiger partial charge in [-0.05, 0) is 30.3 Å². The fraction of sp³-hybridized carbons (Fsp3) is 0.105. The number of amides is 1. The van der Waals surface area contributed by atoms with Gasteiger partial charge < -0.3 is 14.8 Å². The molecule has 8 nitrogen and oxygen atoms in total. The van der Waals surface area contributed by atoms with E-state index in [1.54, 1.807) is 36.5 Å². The minimum absolute atomic E-state index is 0.202. The Labute approximate surface area is 154 Å². The fourth-order valence-corrected chi connectivity index (χ4v) is 2.37. The number of benzene rings is 2. The number of aromatic nitrogens is 2. The predicted octanol–water partition coefficient (Wildman–Crippen LogP) is 2.21. The monoisotopic (exact) mass is 365 g/mol. The van der Waals surface area contributed by atoms with Crippen LogP contribution in [0.3, 0.4) is 0 Å². The fourth-order valence-electron chi connectivity index (χ4n) is 2.37. The molecule has 0 saturated carbocycles. The molecular weight excluding hydrogens is 350 g/mol. The van der Waals surface area contributed by atoms with Crippen molar-refractivity contribution in [2.24, 2.45) is 0 Å². The third-order valence-electron chi connectivity index (χ3n) is 3.65. The Balaban J connectivity index is 1.63. The van der Waals surface area contributed by atoms with Gasteiger partial charge in [-0.3, -0.25) is 14.8 Å². The number of methoxy groups -OCH3 is 1. The van der Waals surface area contributed by atoms with Crippen molar-refractivity contribution < 1.29 is 23.9 Å². The number of hydrogen-bond donors (Lipinski definition) is 1. The molecule has 27 heavy (non-hydrogen) atoms. The van der Waals surface area contributed by atoms with Gasteiger partial charge >= 0.3 is 11.9 Å². The van der Waals surface area contributed by atoms with Gasteiger partial charge in [0.1, 0.15) is 0 Å². The molecule has 0 atom stereocenters. The maximum Gasteiger partial charge on any atom is 0.339 e. The summed E-state index contributed by atoms with van der Waals surface area (Å²) in [5, 5.41) is 2.52. The smallest absolute Gasteiger partial charge is 0.339 e. The maximum atomic E-state index is 12.1. The number of carbonyl (C=O) groups excluding carboxylic acids is 3. The summed E-state index contributed by atoms with van der Waals surface area (Å²) in [7, 11) is 1.25. The average molecular weight is 365 g/mol. The molecule has 0 spiro atoms. The van der Waals surface area contributed by atoms with E-state index in [-0.39, 0.29) is 16.8 Å². The molecule has 1 amide bonds. The molecule has 0 aliphatic heterocycles. The third kappa shape index (κ3) is 4.24. The lowest BCUT2D eigenvalue weighted by molar-refractivity contribution is -0.119. The summed E-state index contributed by atoms with van der Waals surface area (Å²) in [6.07, 6.45) is 3.07. The second-order valence-electron chi connectivity index (χ2n) is 5.42. The molecule has 0 aliphatic carbocycles. The van der Waals surface area contributed by atoms with Crippen molar-refractivity contribution >= 4 is 34.6 Å². The first-order valence-electron chi connectivity index (χ1n) is 7.93. The van der Waals surface area contributed by atoms with Crippen molar-refractivity contribution in [1.29, 1.82) is 0 Å². The highest BCUT2D eigenvalue weighted by molar-refractivity contribution is 6.02. The molecule has 0 saturated heterocycles. The lowest BCUT2D eigenvalue weighted by Crippen LogP contribution is -2.22. The van der Waals surface area contributed by atoms with E-state index >= 15 is 0 Å². The second-order valence-corrected chi connectivity index (χ2v) is 5.42. The Morgan fingerprint density at radius 2 is 1.70 bits per heavy atom. The zero-order chi connectivity index (χ0) is 19.2. The van der Waals surface area contributed by atoms with E-state index < -0.39 is 24.5 Å². The molecular formula is C19H15N3O5. The summed E-state index contributed by atoms with van der Waals surface area (Å²) < 4.78 is 9.69. The van der Waals surface area contributed by atoms with E-state index in [1.807, 2.05) is 0 Å². The topological polar surface area (TPSA) is 107 Å². The van der Waals surface area contributed by atoms with Gasteiger partial charge in [0, 0.05) is 12.4 Å². The Morgan fingerprint density at radius 1 is 0.963 bits per heavy atom. The quantitative estimate of drug-likeness (QED) is 0.691. The van der Waals surface area contributed by atoms with E-state index in [9.17, 15) is 14.4 Å². The number of nitrogens with zero attached hydrogens (tertiary/aromatic N) is 2. The number of hydrogen-bond acceptors (Lipinski definition) is 7. The van der Waals surface area contributed by atoms with E-state index in [0.29, 0.717) is 11.0 Å². The normalized spacial score (nSPS) is 10.3. The molecule has 1 N–H and O–H groups in total. The van der Waals surface area contributed by atoms with Crippen molar-refractivity contribution in [3.8, 4) is 0 Å². The van der Waals surface area contributed by atoms with Crippen LogP contribution in [0.4, 0.5) is 5.69 Å². The summed E-state index contributed by atoms with van der Waals surface area (Å²) >= 11 is 0. The number of esters is 2. The van der Waals surface area contributed by atoms with Crippen LogP contribution >= 0.6 is 0 Å². The van der Waals surface area contributed by atoms with Crippen LogP contribution in [0.1, 0.15) is 20.7 Å². The second kappa shape index (κ2) is 8.05. The van der Waals surface area contributed by atoms with Gasteiger partial charge in [-0.2, -0.15) is 0 Å². The summed E-state index contributed by atoms with van der Waals surface area (Å²) in [5.41, 5.74) is 1.92. The first kappa shape index (κ1) is 18.0. The van der Waals surface area contributed by atoms with Crippen LogP contribution < -0.4 is 5.32 Å². The van der Waals surface area contributed by atoms with Crippen LogP contribution in [-0.2, 0) is 14.3 Å². The molecule has 2 aromatic carbocycles. The zero-order valence-corrected chi connectivity index (χ0v) is 14.3. The highest BCUT2D eigenvalue weighted by Crippen LogP contribution is 2.16. The number of para-hydroxylation sites is 1. The number of fused-ring (bicyclic) bond motifs is 1. The highest BCUT2D eigenvalue weighted by Gasteiger charge is 2.15. The predicted molar refractivity (Wildman–Crippen MR) is 96.2 cm³/mol. The van der Waals surface area contributed by atoms with Crippen molar-refractivity contribution in [1.82, 2.24) is 9.97 Å². The third-order valence-corrected chi connectivity index (χ3v) is 3.65. The van der Waals surface area contributed by atoms with Crippen LogP contribution in [-0.4, -0.2) is 41.5 Å². The Morgan fingerprint density at radius 3 is 2.48 bits per heavy atom. The molecule has 0 bridgehead atoms. The summed E-state index contributed by atoms with van der Waals surface area (Å²) in [6.45, 7) is -0.507. The van der Waals surface area contributed by atoms with Gasteiger partial charge in [0.25, 0.3) is 5.91 Å². The summed E-state index contributed by atoms with van der Waals surface area (Å²) in [5.74, 6) is -1.83. The van der Waals surface area contributed by atoms with Crippen LogP contribution in [0.2, 0.25) is 0 Å². The first-order valence-corrected chi connectivity index (χ1v) is 7.93. The number of carbonyl (C=O) groups is 3. The van der Waals surface area contributed by atoms with E-state index in [1.165, 1.54) is 25.4 Å². The number of anilines is 1. The molecule has 0 fully saturated rings. The minimum atomic E-state index is -0.668. The molecule has 0 radical (unpaired) electrons. The van der Waals surface area contributed by atoms with Gasteiger partial charge in [-0.1, -0.05) is 12.1 Å². The van der Waals surface area contributed by atoms with Crippen LogP contribution in [0.5, 0.6) is 0 Å². The van der Waals surface area contributed by atoms with E-state index in [2.05, 4.69) is 20.0 Å². The van der Waals surface area contributed by atoms with Crippen molar-refractivity contribution in [2.45, 2.75) is 0 Å². The molecule has 8 heteroatoms. The molecule has 0 unspecified atom stereocenters. The first-order chi connectivity index (χ1) is 13.1. The van der Waals surface area contributed by atoms with Crippen molar-refractivity contribution in [3.63, 3.8) is 0 Å². The van der Waals surface area contributed by atoms with Gasteiger partial charge in [-0.15, -0.1) is 0 Å². The van der Waals surface area contributed by atoms with Crippen LogP contribution in [0, 0.1) is 0 Å². The van der Waals surface area contributed by atoms with Gasteiger partial charge in [0.05, 0.1) is 35.0 Å².